The van der Waals surface area contributed by atoms with Crippen LogP contribution in [0.3, 0.4) is 0 Å². The predicted molar refractivity (Wildman–Crippen MR) is 103 cm³/mol. The van der Waals surface area contributed by atoms with Gasteiger partial charge in [-0.15, -0.1) is 0 Å². The first-order valence-corrected chi connectivity index (χ1v) is 8.17. The van der Waals surface area contributed by atoms with Crippen LogP contribution in [0.5, 0.6) is 0 Å². The van der Waals surface area contributed by atoms with Gasteiger partial charge < -0.3 is 0 Å². The van der Waals surface area contributed by atoms with Crippen molar-refractivity contribution in [1.29, 1.82) is 0 Å². The lowest BCUT2D eigenvalue weighted by atomic mass is 10.1. The molecule has 0 saturated carbocycles. The van der Waals surface area contributed by atoms with E-state index in [2.05, 4.69) is 0 Å². The van der Waals surface area contributed by atoms with Crippen molar-refractivity contribution in [2.24, 2.45) is 0 Å². The molecule has 2 aromatic heterocycles. The Morgan fingerprint density at radius 3 is 2.35 bits per heavy atom. The zero-order valence-corrected chi connectivity index (χ0v) is 13.8. The molecule has 26 heavy (non-hydrogen) atoms. The first kappa shape index (κ1) is 15.8. The molecule has 0 fully saturated rings. The molecule has 0 spiro atoms. The summed E-state index contributed by atoms with van der Waals surface area (Å²) in [6.45, 7) is 0. The number of nitrogens with zero attached hydrogens (tertiary/aromatic N) is 3. The lowest BCUT2D eigenvalue weighted by Gasteiger charge is -1.98. The molecule has 0 bridgehead atoms. The monoisotopic (exact) mass is 341 g/mol. The number of benzene rings is 2. The van der Waals surface area contributed by atoms with E-state index in [-0.39, 0.29) is 5.69 Å². The highest BCUT2D eigenvalue weighted by molar-refractivity contribution is 5.80. The third-order valence-electron chi connectivity index (χ3n) is 4.15. The van der Waals surface area contributed by atoms with Gasteiger partial charge in [-0.1, -0.05) is 42.5 Å². The molecule has 0 atom stereocenters. The SMILES string of the molecule is O=[N+]([O-])c1ccc(C=Cc2nc(-c3ccccc3)c3ccccn23)cc1. The van der Waals surface area contributed by atoms with Crippen LogP contribution < -0.4 is 0 Å². The van der Waals surface area contributed by atoms with Crippen molar-refractivity contribution in [3.8, 4) is 11.3 Å². The van der Waals surface area contributed by atoms with Gasteiger partial charge in [0.2, 0.25) is 0 Å². The first-order chi connectivity index (χ1) is 12.7. The first-order valence-electron chi connectivity index (χ1n) is 8.17. The molecule has 4 rings (SSSR count). The summed E-state index contributed by atoms with van der Waals surface area (Å²) in [6, 6.07) is 22.5. The number of imidazole rings is 1. The van der Waals surface area contributed by atoms with Gasteiger partial charge in [0.25, 0.3) is 5.69 Å². The second-order valence-electron chi connectivity index (χ2n) is 5.82. The van der Waals surface area contributed by atoms with Gasteiger partial charge in [0.05, 0.1) is 16.1 Å². The van der Waals surface area contributed by atoms with E-state index in [1.807, 2.05) is 71.3 Å². The molecule has 0 aliphatic carbocycles. The Morgan fingerprint density at radius 1 is 0.885 bits per heavy atom. The smallest absolute Gasteiger partial charge is 0.269 e. The quantitative estimate of drug-likeness (QED) is 0.384. The Balaban J connectivity index is 1.74. The van der Waals surface area contributed by atoms with Crippen LogP contribution in [-0.2, 0) is 0 Å². The van der Waals surface area contributed by atoms with E-state index < -0.39 is 4.92 Å². The number of nitro benzene ring substituents is 1. The topological polar surface area (TPSA) is 60.4 Å². The van der Waals surface area contributed by atoms with Crippen molar-refractivity contribution >= 4 is 23.4 Å². The van der Waals surface area contributed by atoms with Crippen molar-refractivity contribution in [3.63, 3.8) is 0 Å². The molecule has 0 aliphatic heterocycles. The molecule has 0 amide bonds. The summed E-state index contributed by atoms with van der Waals surface area (Å²) >= 11 is 0. The maximum atomic E-state index is 10.7. The fourth-order valence-corrected chi connectivity index (χ4v) is 2.87. The summed E-state index contributed by atoms with van der Waals surface area (Å²) in [4.78, 5) is 15.1. The van der Waals surface area contributed by atoms with E-state index in [0.29, 0.717) is 0 Å². The number of hydrogen-bond donors (Lipinski definition) is 0. The standard InChI is InChI=1S/C21H15N3O2/c25-24(26)18-12-9-16(10-13-18)11-14-20-22-21(17-6-2-1-3-7-17)19-8-4-5-15-23(19)20/h1-15H. The Kier molecular flexibility index (Phi) is 4.03. The van der Waals surface area contributed by atoms with Crippen molar-refractivity contribution in [2.45, 2.75) is 0 Å². The summed E-state index contributed by atoms with van der Waals surface area (Å²) in [7, 11) is 0. The zero-order chi connectivity index (χ0) is 17.9. The Labute approximate surface area is 150 Å². The van der Waals surface area contributed by atoms with E-state index in [4.69, 9.17) is 4.98 Å². The molecule has 5 heteroatoms. The molecule has 2 heterocycles. The highest BCUT2D eigenvalue weighted by Crippen LogP contribution is 2.25. The van der Waals surface area contributed by atoms with Gasteiger partial charge in [-0.2, -0.15) is 0 Å². The summed E-state index contributed by atoms with van der Waals surface area (Å²) in [6.07, 6.45) is 5.80. The summed E-state index contributed by atoms with van der Waals surface area (Å²) in [5.41, 5.74) is 3.98. The van der Waals surface area contributed by atoms with Crippen molar-refractivity contribution in [1.82, 2.24) is 9.38 Å². The van der Waals surface area contributed by atoms with E-state index >= 15 is 0 Å². The molecule has 0 unspecified atom stereocenters. The van der Waals surface area contributed by atoms with Crippen LogP contribution in [-0.4, -0.2) is 14.3 Å². The van der Waals surface area contributed by atoms with Gasteiger partial charge in [-0.3, -0.25) is 14.5 Å². The van der Waals surface area contributed by atoms with Crippen LogP contribution in [0.25, 0.3) is 28.9 Å². The van der Waals surface area contributed by atoms with Crippen LogP contribution in [0.15, 0.2) is 79.0 Å². The van der Waals surface area contributed by atoms with Gasteiger partial charge in [0, 0.05) is 23.9 Å². The summed E-state index contributed by atoms with van der Waals surface area (Å²) in [5.74, 6) is 0.804. The van der Waals surface area contributed by atoms with E-state index in [0.717, 1.165) is 28.2 Å². The molecule has 0 radical (unpaired) electrons. The van der Waals surface area contributed by atoms with Crippen LogP contribution in [0.2, 0.25) is 0 Å². The fraction of sp³-hybridized carbons (Fsp3) is 0. The zero-order valence-electron chi connectivity index (χ0n) is 13.8. The van der Waals surface area contributed by atoms with Crippen molar-refractivity contribution in [3.05, 3.63) is 100 Å². The van der Waals surface area contributed by atoms with Crippen LogP contribution in [0.1, 0.15) is 11.4 Å². The minimum atomic E-state index is -0.401. The number of nitro groups is 1. The highest BCUT2D eigenvalue weighted by Gasteiger charge is 2.10. The maximum Gasteiger partial charge on any atom is 0.269 e. The van der Waals surface area contributed by atoms with Gasteiger partial charge in [-0.25, -0.2) is 4.98 Å². The van der Waals surface area contributed by atoms with Crippen LogP contribution >= 0.6 is 0 Å². The Hall–Kier alpha value is -3.73. The fourth-order valence-electron chi connectivity index (χ4n) is 2.87. The number of hydrogen-bond acceptors (Lipinski definition) is 3. The molecular formula is C21H15N3O2. The minimum Gasteiger partial charge on any atom is -0.300 e. The third-order valence-corrected chi connectivity index (χ3v) is 4.15. The minimum absolute atomic E-state index is 0.0831. The Morgan fingerprint density at radius 2 is 1.62 bits per heavy atom. The average molecular weight is 341 g/mol. The lowest BCUT2D eigenvalue weighted by molar-refractivity contribution is -0.384. The Bertz CT molecular complexity index is 1100. The van der Waals surface area contributed by atoms with Gasteiger partial charge >= 0.3 is 0 Å². The second kappa shape index (κ2) is 6.64. The van der Waals surface area contributed by atoms with Crippen molar-refractivity contribution in [2.75, 3.05) is 0 Å². The van der Waals surface area contributed by atoms with E-state index in [1.54, 1.807) is 12.1 Å². The molecule has 0 saturated heterocycles. The molecule has 0 N–H and O–H groups in total. The van der Waals surface area contributed by atoms with Crippen LogP contribution in [0.4, 0.5) is 5.69 Å². The largest absolute Gasteiger partial charge is 0.300 e. The molecular weight excluding hydrogens is 326 g/mol. The number of non-ortho nitro benzene ring substituents is 1. The van der Waals surface area contributed by atoms with E-state index in [1.165, 1.54) is 12.1 Å². The molecule has 0 aliphatic rings. The predicted octanol–water partition coefficient (Wildman–Crippen LogP) is 5.08. The number of aromatic nitrogens is 2. The van der Waals surface area contributed by atoms with Gasteiger partial charge in [0.15, 0.2) is 0 Å². The maximum absolute atomic E-state index is 10.7. The second-order valence-corrected chi connectivity index (χ2v) is 5.82. The number of rotatable bonds is 4. The normalized spacial score (nSPS) is 11.2. The molecule has 2 aromatic carbocycles. The number of pyridine rings is 1. The van der Waals surface area contributed by atoms with Crippen LogP contribution in [0, 0.1) is 10.1 Å². The number of fused-ring (bicyclic) bond motifs is 1. The summed E-state index contributed by atoms with van der Waals surface area (Å²) in [5, 5.41) is 10.7. The third kappa shape index (κ3) is 2.98. The molecule has 5 nitrogen and oxygen atoms in total. The van der Waals surface area contributed by atoms with Gasteiger partial charge in [-0.05, 0) is 35.9 Å². The average Bonchev–Trinajstić information content (AvgIpc) is 3.06. The van der Waals surface area contributed by atoms with Gasteiger partial charge in [0.1, 0.15) is 5.82 Å². The molecule has 126 valence electrons. The molecule has 4 aromatic rings. The van der Waals surface area contributed by atoms with E-state index in [9.17, 15) is 10.1 Å². The lowest BCUT2D eigenvalue weighted by Crippen LogP contribution is -1.87. The highest BCUT2D eigenvalue weighted by atomic mass is 16.6. The summed E-state index contributed by atoms with van der Waals surface area (Å²) < 4.78 is 2.03. The van der Waals surface area contributed by atoms with Crippen molar-refractivity contribution < 1.29 is 4.92 Å².